The van der Waals surface area contributed by atoms with Gasteiger partial charge in [-0.15, -0.1) is 11.3 Å². The van der Waals surface area contributed by atoms with Crippen molar-refractivity contribution < 1.29 is 42.6 Å². The molecular formula is C57H70FN13O8S. The van der Waals surface area contributed by atoms with Gasteiger partial charge in [0.15, 0.2) is 11.5 Å². The number of ketones is 1. The van der Waals surface area contributed by atoms with Crippen LogP contribution in [0.4, 0.5) is 15.9 Å². The molecule has 6 heterocycles. The quantitative estimate of drug-likeness (QED) is 0.0332. The third-order valence-electron chi connectivity index (χ3n) is 15.4. The minimum atomic E-state index is -0.595. The fraction of sp³-hybridized carbons (Fsp3) is 0.491. The van der Waals surface area contributed by atoms with Crippen molar-refractivity contribution in [2.24, 2.45) is 5.92 Å². The number of likely N-dealkylation sites (N-methyl/N-ethyl adjacent to an activating group) is 1. The lowest BCUT2D eigenvalue weighted by Crippen LogP contribution is -2.55. The van der Waals surface area contributed by atoms with E-state index in [-0.39, 0.29) is 65.8 Å². The lowest BCUT2D eigenvalue weighted by atomic mass is 9.83. The number of fused-ring (bicyclic) bond motifs is 1. The number of rotatable bonds is 25. The summed E-state index contributed by atoms with van der Waals surface area (Å²) in [6, 6.07) is 10.1. The van der Waals surface area contributed by atoms with Crippen molar-refractivity contribution in [2.75, 3.05) is 91.2 Å². The van der Waals surface area contributed by atoms with Crippen LogP contribution in [0.25, 0.3) is 16.9 Å². The molecule has 4 aliphatic rings. The Morgan fingerprint density at radius 3 is 2.42 bits per heavy atom. The highest BCUT2D eigenvalue weighted by molar-refractivity contribution is 7.10. The number of carbonyl (C=O) groups excluding carboxylic acids is 5. The van der Waals surface area contributed by atoms with Crippen molar-refractivity contribution in [3.63, 3.8) is 0 Å². The smallest absolute Gasteiger partial charge is 0.254 e. The fourth-order valence-corrected chi connectivity index (χ4v) is 11.6. The van der Waals surface area contributed by atoms with E-state index in [0.29, 0.717) is 105 Å². The molecule has 2 aliphatic heterocycles. The maximum absolute atomic E-state index is 15.6. The number of H-pyrrole nitrogens is 1. The van der Waals surface area contributed by atoms with Crippen molar-refractivity contribution in [1.82, 2.24) is 60.2 Å². The summed E-state index contributed by atoms with van der Waals surface area (Å²) in [5.41, 5.74) is 4.30. The van der Waals surface area contributed by atoms with E-state index in [0.717, 1.165) is 74.7 Å². The number of nitrogens with one attached hydrogen (secondary N) is 5. The van der Waals surface area contributed by atoms with Crippen LogP contribution < -0.4 is 26.0 Å². The van der Waals surface area contributed by atoms with Crippen molar-refractivity contribution in [3.8, 4) is 17.0 Å². The van der Waals surface area contributed by atoms with Crippen LogP contribution in [0, 0.1) is 11.7 Å². The first-order valence-corrected chi connectivity index (χ1v) is 28.8. The van der Waals surface area contributed by atoms with E-state index in [9.17, 15) is 24.0 Å². The lowest BCUT2D eigenvalue weighted by molar-refractivity contribution is -0.139. The van der Waals surface area contributed by atoms with E-state index in [1.165, 1.54) is 17.4 Å². The lowest BCUT2D eigenvalue weighted by Gasteiger charge is -2.35. The van der Waals surface area contributed by atoms with Crippen LogP contribution >= 0.6 is 11.3 Å². The van der Waals surface area contributed by atoms with Crippen LogP contribution in [0.3, 0.4) is 0 Å². The van der Waals surface area contributed by atoms with E-state index in [1.807, 2.05) is 20.4 Å². The number of likely N-dealkylation sites (tertiary alicyclic amines) is 1. The molecule has 0 spiro atoms. The van der Waals surface area contributed by atoms with Crippen molar-refractivity contribution in [2.45, 2.75) is 88.8 Å². The highest BCUT2D eigenvalue weighted by atomic mass is 32.1. The highest BCUT2D eigenvalue weighted by Crippen LogP contribution is 2.41. The number of hydrogen-bond donors (Lipinski definition) is 5. The van der Waals surface area contributed by atoms with E-state index in [4.69, 9.17) is 24.2 Å². The van der Waals surface area contributed by atoms with Gasteiger partial charge in [-0.2, -0.15) is 5.10 Å². The van der Waals surface area contributed by atoms with Crippen molar-refractivity contribution in [1.29, 1.82) is 0 Å². The number of anilines is 2. The number of ether oxygens (including phenoxy) is 3. The van der Waals surface area contributed by atoms with Crippen LogP contribution in [0.1, 0.15) is 114 Å². The number of nitrogens with zero attached hydrogens (tertiary/aromatic N) is 8. The molecule has 5 N–H and O–H groups in total. The molecule has 2 saturated heterocycles. The molecule has 4 amide bonds. The first-order valence-electron chi connectivity index (χ1n) is 27.9. The Balaban J connectivity index is 0.594. The number of aromatic nitrogens is 6. The van der Waals surface area contributed by atoms with Gasteiger partial charge < -0.3 is 45.3 Å². The number of thiazole rings is 1. The predicted molar refractivity (Wildman–Crippen MR) is 297 cm³/mol. The second-order valence-corrected chi connectivity index (χ2v) is 21.8. The zero-order chi connectivity index (χ0) is 55.5. The van der Waals surface area contributed by atoms with E-state index < -0.39 is 17.9 Å². The average molecular weight is 1120 g/mol. The molecule has 3 atom stereocenters. The number of benzene rings is 2. The topological polar surface area (TPSA) is 243 Å². The van der Waals surface area contributed by atoms with E-state index >= 15 is 4.39 Å². The van der Waals surface area contributed by atoms with Gasteiger partial charge in [-0.1, -0.05) is 31.4 Å². The number of aromatic amines is 1. The van der Waals surface area contributed by atoms with Gasteiger partial charge in [0, 0.05) is 79.7 Å². The molecule has 4 aromatic heterocycles. The zero-order valence-corrected chi connectivity index (χ0v) is 46.1. The SMILES string of the molecule is CN[C@@H](C)C(=O)N[C@H](C(=O)N1CCC[C@H]1c1nc(C(=O)c2cccc(OCCOCCOCCNC(=O)CN3CCN(C(=O)c4ccc(Nc5nc(C6CC6)cn6c(-c7cn[nH]c7)cnc56)c(F)c4)CC3)c2)cs1)C1CCCCC1. The molecule has 80 heavy (non-hydrogen) atoms. The summed E-state index contributed by atoms with van der Waals surface area (Å²) in [4.78, 5) is 86.7. The third kappa shape index (κ3) is 13.7. The normalized spacial score (nSPS) is 17.8. The molecule has 2 saturated carbocycles. The molecular weight excluding hydrogens is 1050 g/mol. The van der Waals surface area contributed by atoms with Crippen molar-refractivity contribution in [3.05, 3.63) is 106 Å². The summed E-state index contributed by atoms with van der Waals surface area (Å²) in [6.45, 7) is 6.14. The molecule has 6 aromatic rings. The summed E-state index contributed by atoms with van der Waals surface area (Å²) in [7, 11) is 1.73. The molecule has 424 valence electrons. The molecule has 10 rings (SSSR count). The Morgan fingerprint density at radius 2 is 1.66 bits per heavy atom. The largest absolute Gasteiger partial charge is 0.491 e. The Labute approximate surface area is 467 Å². The molecule has 2 aromatic carbocycles. The van der Waals surface area contributed by atoms with E-state index in [2.05, 4.69) is 36.4 Å². The minimum Gasteiger partial charge on any atom is -0.491 e. The van der Waals surface area contributed by atoms with Crippen LogP contribution in [0.15, 0.2) is 72.6 Å². The van der Waals surface area contributed by atoms with Crippen LogP contribution in [0.5, 0.6) is 5.75 Å². The summed E-state index contributed by atoms with van der Waals surface area (Å²) in [6.07, 6.45) is 15.9. The van der Waals surface area contributed by atoms with Gasteiger partial charge in [0.25, 0.3) is 5.91 Å². The van der Waals surface area contributed by atoms with Gasteiger partial charge in [0.05, 0.1) is 74.5 Å². The molecule has 0 bridgehead atoms. The fourth-order valence-electron chi connectivity index (χ4n) is 10.6. The summed E-state index contributed by atoms with van der Waals surface area (Å²) in [5.74, 6) is -0.156. The zero-order valence-electron chi connectivity index (χ0n) is 45.3. The number of piperazine rings is 1. The molecule has 2 aliphatic carbocycles. The second-order valence-electron chi connectivity index (χ2n) is 20.9. The number of halogens is 1. The number of amides is 4. The monoisotopic (exact) mass is 1120 g/mol. The molecule has 4 fully saturated rings. The summed E-state index contributed by atoms with van der Waals surface area (Å²) >= 11 is 1.38. The van der Waals surface area contributed by atoms with Crippen LogP contribution in [0.2, 0.25) is 0 Å². The van der Waals surface area contributed by atoms with E-state index in [1.54, 1.807) is 79.2 Å². The van der Waals surface area contributed by atoms with Gasteiger partial charge >= 0.3 is 0 Å². The maximum atomic E-state index is 15.6. The molecule has 0 radical (unpaired) electrons. The molecule has 0 unspecified atom stereocenters. The van der Waals surface area contributed by atoms with Crippen LogP contribution in [-0.2, 0) is 23.9 Å². The van der Waals surface area contributed by atoms with Gasteiger partial charge in [-0.05, 0) is 88.7 Å². The highest BCUT2D eigenvalue weighted by Gasteiger charge is 2.40. The van der Waals surface area contributed by atoms with Gasteiger partial charge in [0.2, 0.25) is 23.5 Å². The Hall–Kier alpha value is -7.18. The summed E-state index contributed by atoms with van der Waals surface area (Å²) in [5, 5.41) is 21.4. The van der Waals surface area contributed by atoms with Crippen LogP contribution in [-0.4, -0.2) is 172 Å². The second kappa shape index (κ2) is 26.4. The van der Waals surface area contributed by atoms with Gasteiger partial charge in [0.1, 0.15) is 34.9 Å². The van der Waals surface area contributed by atoms with Crippen molar-refractivity contribution >= 4 is 57.9 Å². The van der Waals surface area contributed by atoms with Gasteiger partial charge in [-0.3, -0.25) is 38.4 Å². The Bertz CT molecular complexity index is 3120. The number of carbonyl (C=O) groups is 5. The first-order chi connectivity index (χ1) is 39.0. The summed E-state index contributed by atoms with van der Waals surface area (Å²) < 4.78 is 34.8. The number of hydrogen-bond acceptors (Lipinski definition) is 16. The number of imidazole rings is 1. The predicted octanol–water partition coefficient (Wildman–Crippen LogP) is 5.89. The third-order valence-corrected chi connectivity index (χ3v) is 16.4. The maximum Gasteiger partial charge on any atom is 0.254 e. The minimum absolute atomic E-state index is 0.0720. The first kappa shape index (κ1) is 56.1. The Morgan fingerprint density at radius 1 is 0.863 bits per heavy atom. The average Bonchev–Trinajstić information content (AvgIpc) is 3.92. The molecule has 21 nitrogen and oxygen atoms in total. The standard InChI is InChI=1S/C57H70FN13O8S/c1-36(59-2)54(74)67-50(38-8-4-3-5-9-38)57(76)70-18-7-12-47(70)55-66-46(35-80-55)51(73)39-10-6-11-42(28-39)79-27-26-78-25-24-77-23-17-60-49(72)34-68-19-21-69(22-20-68)56(75)40-15-16-44(43(58)29-40)64-52-53-61-32-48(41-30-62-63-31-41)71(53)33-45(65-52)37-13-14-37/h6,10-11,15-16,28-33,35-38,47,50,59H,3-5,7-9,12-14,17-27,34H2,1-2H3,(H,60,72)(H,62,63)(H,64,65)(H,67,74)/t36-,47-,50-/m0/s1. The van der Waals surface area contributed by atoms with Gasteiger partial charge in [-0.25, -0.2) is 19.3 Å². The molecule has 23 heteroatoms. The Kier molecular flexibility index (Phi) is 18.5.